The van der Waals surface area contributed by atoms with Crippen LogP contribution in [0.4, 0.5) is 0 Å². The molecule has 0 spiro atoms. The van der Waals surface area contributed by atoms with Crippen LogP contribution >= 0.6 is 11.3 Å². The fourth-order valence-electron chi connectivity index (χ4n) is 4.43. The summed E-state index contributed by atoms with van der Waals surface area (Å²) in [6.45, 7) is 3.07. The van der Waals surface area contributed by atoms with E-state index in [2.05, 4.69) is 4.90 Å². The number of phenolic OH excluding ortho intramolecular Hbond substituents is 1. The lowest BCUT2D eigenvalue weighted by atomic mass is 9.96. The van der Waals surface area contributed by atoms with Crippen molar-refractivity contribution < 1.29 is 14.6 Å². The number of ketones is 1. The van der Waals surface area contributed by atoms with E-state index in [1.54, 1.807) is 30.6 Å². The Labute approximate surface area is 191 Å². The molecule has 1 aromatic heterocycles. The molecule has 0 radical (unpaired) electrons. The van der Waals surface area contributed by atoms with Gasteiger partial charge in [-0.3, -0.25) is 9.69 Å². The van der Waals surface area contributed by atoms with Crippen LogP contribution in [-0.4, -0.2) is 36.0 Å². The Morgan fingerprint density at radius 2 is 1.78 bits per heavy atom. The van der Waals surface area contributed by atoms with E-state index in [0.717, 1.165) is 51.5 Å². The molecule has 1 saturated heterocycles. The normalized spacial score (nSPS) is 14.2. The van der Waals surface area contributed by atoms with Gasteiger partial charge in [-0.05, 0) is 67.9 Å². The van der Waals surface area contributed by atoms with Crippen molar-refractivity contribution in [2.75, 3.05) is 20.2 Å². The van der Waals surface area contributed by atoms with Crippen molar-refractivity contribution in [1.29, 1.82) is 0 Å². The number of hydrogen-bond donors (Lipinski definition) is 1. The highest BCUT2D eigenvalue weighted by Gasteiger charge is 2.23. The number of aromatic hydroxyl groups is 1. The fraction of sp³-hybridized carbons (Fsp3) is 0.222. The highest BCUT2D eigenvalue weighted by atomic mass is 32.1. The van der Waals surface area contributed by atoms with Gasteiger partial charge in [0.05, 0.1) is 7.11 Å². The molecule has 0 amide bonds. The Bertz CT molecular complexity index is 1270. The molecule has 32 heavy (non-hydrogen) atoms. The lowest BCUT2D eigenvalue weighted by molar-refractivity contribution is 0.104. The maximum absolute atomic E-state index is 13.8. The van der Waals surface area contributed by atoms with Crippen molar-refractivity contribution in [1.82, 2.24) is 4.90 Å². The van der Waals surface area contributed by atoms with Gasteiger partial charge in [0.2, 0.25) is 0 Å². The summed E-state index contributed by atoms with van der Waals surface area (Å²) in [6, 6.07) is 20.9. The van der Waals surface area contributed by atoms with E-state index in [1.807, 2.05) is 54.6 Å². The second-order valence-corrected chi connectivity index (χ2v) is 9.24. The van der Waals surface area contributed by atoms with Crippen molar-refractivity contribution in [3.8, 4) is 21.9 Å². The van der Waals surface area contributed by atoms with E-state index in [4.69, 9.17) is 4.74 Å². The smallest absolute Gasteiger partial charge is 0.195 e. The second-order valence-electron chi connectivity index (χ2n) is 8.19. The van der Waals surface area contributed by atoms with Crippen LogP contribution < -0.4 is 4.74 Å². The van der Waals surface area contributed by atoms with Gasteiger partial charge in [-0.2, -0.15) is 0 Å². The quantitative estimate of drug-likeness (QED) is 0.365. The standard InChI is InChI=1S/C27H25NO3S/c1-31-23-16-19(8-9-20(23)17-28-14-4-5-15-28)26(30)25-22-6-2-3-7-24(22)32-27(25)18-10-12-21(29)13-11-18/h2-3,6-13,16,29H,4-5,14-15,17H2,1H3. The summed E-state index contributed by atoms with van der Waals surface area (Å²) < 4.78 is 6.74. The van der Waals surface area contributed by atoms with Gasteiger partial charge >= 0.3 is 0 Å². The number of hydrogen-bond acceptors (Lipinski definition) is 5. The van der Waals surface area contributed by atoms with E-state index in [1.165, 1.54) is 12.8 Å². The zero-order valence-electron chi connectivity index (χ0n) is 18.0. The average molecular weight is 444 g/mol. The SMILES string of the molecule is COc1cc(C(=O)c2c(-c3ccc(O)cc3)sc3ccccc23)ccc1CN1CCCC1. The van der Waals surface area contributed by atoms with Crippen LogP contribution in [0, 0.1) is 0 Å². The first-order valence-corrected chi connectivity index (χ1v) is 11.7. The maximum Gasteiger partial charge on any atom is 0.195 e. The molecule has 0 atom stereocenters. The van der Waals surface area contributed by atoms with Crippen molar-refractivity contribution in [3.63, 3.8) is 0 Å². The summed E-state index contributed by atoms with van der Waals surface area (Å²) in [5, 5.41) is 10.7. The van der Waals surface area contributed by atoms with E-state index < -0.39 is 0 Å². The molecular weight excluding hydrogens is 418 g/mol. The number of carbonyl (C=O) groups is 1. The third-order valence-corrected chi connectivity index (χ3v) is 7.31. The molecule has 162 valence electrons. The minimum atomic E-state index is -0.0171. The number of thiophene rings is 1. The third-order valence-electron chi connectivity index (χ3n) is 6.09. The molecule has 5 heteroatoms. The fourth-order valence-corrected chi connectivity index (χ4v) is 5.63. The summed E-state index contributed by atoms with van der Waals surface area (Å²) in [5.74, 6) is 0.950. The Hall–Kier alpha value is -3.15. The first kappa shape index (κ1) is 20.7. The molecule has 1 aliphatic heterocycles. The van der Waals surface area contributed by atoms with Crippen LogP contribution in [-0.2, 0) is 6.54 Å². The predicted octanol–water partition coefficient (Wildman–Crippen LogP) is 6.11. The Morgan fingerprint density at radius 3 is 2.53 bits per heavy atom. The monoisotopic (exact) mass is 443 g/mol. The zero-order valence-corrected chi connectivity index (χ0v) is 18.8. The van der Waals surface area contributed by atoms with Crippen molar-refractivity contribution >= 4 is 27.2 Å². The second kappa shape index (κ2) is 8.77. The molecule has 0 saturated carbocycles. The Morgan fingerprint density at radius 1 is 1.03 bits per heavy atom. The number of methoxy groups -OCH3 is 1. The zero-order chi connectivity index (χ0) is 22.1. The first-order valence-electron chi connectivity index (χ1n) is 10.9. The summed E-state index contributed by atoms with van der Waals surface area (Å²) in [5.41, 5.74) is 3.35. The number of ether oxygens (including phenoxy) is 1. The molecule has 1 aliphatic rings. The van der Waals surface area contributed by atoms with Crippen LogP contribution in [0.15, 0.2) is 66.7 Å². The van der Waals surface area contributed by atoms with Crippen LogP contribution in [0.2, 0.25) is 0 Å². The number of phenols is 1. The van der Waals surface area contributed by atoms with Gasteiger partial charge in [0.1, 0.15) is 11.5 Å². The molecule has 1 fully saturated rings. The third kappa shape index (κ3) is 3.90. The number of nitrogens with zero attached hydrogens (tertiary/aromatic N) is 1. The van der Waals surface area contributed by atoms with Crippen LogP contribution in [0.1, 0.15) is 34.3 Å². The highest BCUT2D eigenvalue weighted by Crippen LogP contribution is 2.40. The van der Waals surface area contributed by atoms with Gasteiger partial charge in [0.15, 0.2) is 5.78 Å². The van der Waals surface area contributed by atoms with Gasteiger partial charge in [-0.15, -0.1) is 11.3 Å². The Kier molecular flexibility index (Phi) is 5.68. The number of rotatable bonds is 6. The molecule has 4 aromatic rings. The van der Waals surface area contributed by atoms with Crippen molar-refractivity contribution in [2.24, 2.45) is 0 Å². The van der Waals surface area contributed by atoms with E-state index in [-0.39, 0.29) is 11.5 Å². The predicted molar refractivity (Wildman–Crippen MR) is 130 cm³/mol. The number of benzene rings is 3. The van der Waals surface area contributed by atoms with Gasteiger partial charge in [0.25, 0.3) is 0 Å². The minimum Gasteiger partial charge on any atom is -0.508 e. The van der Waals surface area contributed by atoms with E-state index >= 15 is 0 Å². The highest BCUT2D eigenvalue weighted by molar-refractivity contribution is 7.22. The largest absolute Gasteiger partial charge is 0.508 e. The van der Waals surface area contributed by atoms with Gasteiger partial charge < -0.3 is 9.84 Å². The minimum absolute atomic E-state index is 0.0171. The van der Waals surface area contributed by atoms with Gasteiger partial charge in [-0.1, -0.05) is 30.3 Å². The molecule has 4 nitrogen and oxygen atoms in total. The summed E-state index contributed by atoms with van der Waals surface area (Å²) in [7, 11) is 1.67. The molecule has 5 rings (SSSR count). The van der Waals surface area contributed by atoms with Gasteiger partial charge in [-0.25, -0.2) is 0 Å². The first-order chi connectivity index (χ1) is 15.6. The van der Waals surface area contributed by atoms with Crippen molar-refractivity contribution in [3.05, 3.63) is 83.4 Å². The maximum atomic E-state index is 13.8. The summed E-state index contributed by atoms with van der Waals surface area (Å²) in [4.78, 5) is 17.1. The van der Waals surface area contributed by atoms with Crippen LogP contribution in [0.5, 0.6) is 11.5 Å². The molecule has 2 heterocycles. The summed E-state index contributed by atoms with van der Waals surface area (Å²) >= 11 is 1.60. The van der Waals surface area contributed by atoms with E-state index in [9.17, 15) is 9.90 Å². The number of likely N-dealkylation sites (tertiary alicyclic amines) is 1. The van der Waals surface area contributed by atoms with E-state index in [0.29, 0.717) is 11.1 Å². The molecule has 3 aromatic carbocycles. The van der Waals surface area contributed by atoms with Gasteiger partial charge in [0, 0.05) is 38.2 Å². The van der Waals surface area contributed by atoms with Crippen LogP contribution in [0.3, 0.4) is 0 Å². The lowest BCUT2D eigenvalue weighted by Crippen LogP contribution is -2.19. The van der Waals surface area contributed by atoms with Crippen molar-refractivity contribution in [2.45, 2.75) is 19.4 Å². The molecule has 0 aliphatic carbocycles. The topological polar surface area (TPSA) is 49.8 Å². The Balaban J connectivity index is 1.57. The average Bonchev–Trinajstić information content (AvgIpc) is 3.47. The number of fused-ring (bicyclic) bond motifs is 1. The number of carbonyl (C=O) groups excluding carboxylic acids is 1. The molecule has 0 unspecified atom stereocenters. The molecule has 0 bridgehead atoms. The molecule has 1 N–H and O–H groups in total. The van der Waals surface area contributed by atoms with Crippen LogP contribution in [0.25, 0.3) is 20.5 Å². The summed E-state index contributed by atoms with van der Waals surface area (Å²) in [6.07, 6.45) is 2.48. The molecular formula is C27H25NO3S. The lowest BCUT2D eigenvalue weighted by Gasteiger charge is -2.17.